The summed E-state index contributed by atoms with van der Waals surface area (Å²) in [7, 11) is -3.68. The molecule has 3 rings (SSSR count). The van der Waals surface area contributed by atoms with E-state index in [1.165, 1.54) is 17.4 Å². The third-order valence-electron chi connectivity index (χ3n) is 2.98. The number of benzene rings is 1. The molecule has 2 heterocycles. The molecule has 108 valence electrons. The number of nitrogen functional groups attached to an aromatic ring is 1. The van der Waals surface area contributed by atoms with Crippen molar-refractivity contribution in [1.29, 1.82) is 0 Å². The summed E-state index contributed by atoms with van der Waals surface area (Å²) in [6.45, 7) is 0.143. The average Bonchev–Trinajstić information content (AvgIpc) is 2.99. The van der Waals surface area contributed by atoms with Crippen molar-refractivity contribution < 1.29 is 8.42 Å². The molecule has 21 heavy (non-hydrogen) atoms. The van der Waals surface area contributed by atoms with E-state index in [-0.39, 0.29) is 11.4 Å². The maximum absolute atomic E-state index is 12.4. The quantitative estimate of drug-likeness (QED) is 0.714. The topological polar surface area (TPSA) is 98.0 Å². The lowest BCUT2D eigenvalue weighted by molar-refractivity contribution is 0.581. The number of hydrogen-bond donors (Lipinski definition) is 2. The van der Waals surface area contributed by atoms with Gasteiger partial charge in [-0.05, 0) is 24.3 Å². The molecule has 0 saturated carbocycles. The highest BCUT2D eigenvalue weighted by Crippen LogP contribution is 2.25. The molecule has 6 nitrogen and oxygen atoms in total. The van der Waals surface area contributed by atoms with Crippen molar-refractivity contribution in [3.05, 3.63) is 47.0 Å². The van der Waals surface area contributed by atoms with Crippen LogP contribution in [0.5, 0.6) is 0 Å². The number of hydrogen-bond acceptors (Lipinski definition) is 6. The minimum absolute atomic E-state index is 0.113. The van der Waals surface area contributed by atoms with Crippen molar-refractivity contribution in [1.82, 2.24) is 14.7 Å². The lowest BCUT2D eigenvalue weighted by Crippen LogP contribution is -2.23. The van der Waals surface area contributed by atoms with Crippen LogP contribution in [0.1, 0.15) is 5.69 Å². The fourth-order valence-corrected chi connectivity index (χ4v) is 3.67. The molecule has 0 atom stereocenters. The van der Waals surface area contributed by atoms with Crippen LogP contribution >= 0.6 is 11.3 Å². The van der Waals surface area contributed by atoms with E-state index >= 15 is 0 Å². The minimum Gasteiger partial charge on any atom is -0.398 e. The van der Waals surface area contributed by atoms with E-state index in [1.54, 1.807) is 35.3 Å². The Morgan fingerprint density at radius 1 is 1.24 bits per heavy atom. The van der Waals surface area contributed by atoms with Crippen molar-refractivity contribution in [3.63, 3.8) is 0 Å². The zero-order chi connectivity index (χ0) is 14.9. The highest BCUT2D eigenvalue weighted by atomic mass is 32.2. The van der Waals surface area contributed by atoms with Crippen LogP contribution in [0.3, 0.4) is 0 Å². The van der Waals surface area contributed by atoms with Crippen LogP contribution < -0.4 is 10.5 Å². The molecule has 3 aromatic rings. The van der Waals surface area contributed by atoms with Gasteiger partial charge in [-0.15, -0.1) is 11.3 Å². The second kappa shape index (κ2) is 5.40. The number of pyridine rings is 1. The second-order valence-electron chi connectivity index (χ2n) is 4.36. The van der Waals surface area contributed by atoms with Crippen LogP contribution in [-0.4, -0.2) is 18.4 Å². The second-order valence-corrected chi connectivity index (χ2v) is 6.81. The third kappa shape index (κ3) is 2.73. The first kappa shape index (κ1) is 13.9. The number of nitrogens with zero attached hydrogens (tertiary/aromatic N) is 2. The summed E-state index contributed by atoms with van der Waals surface area (Å²) in [5, 5.41) is 2.41. The normalized spacial score (nSPS) is 11.8. The molecule has 8 heteroatoms. The van der Waals surface area contributed by atoms with Crippen LogP contribution in [-0.2, 0) is 16.6 Å². The van der Waals surface area contributed by atoms with Crippen LogP contribution in [0.2, 0.25) is 0 Å². The van der Waals surface area contributed by atoms with E-state index in [0.717, 1.165) is 0 Å². The molecule has 0 spiro atoms. The fraction of sp³-hybridized carbons (Fsp3) is 0.0769. The largest absolute Gasteiger partial charge is 0.398 e. The highest BCUT2D eigenvalue weighted by molar-refractivity contribution is 7.89. The van der Waals surface area contributed by atoms with Gasteiger partial charge in [0.05, 0.1) is 23.3 Å². The molecule has 0 aliphatic carbocycles. The van der Waals surface area contributed by atoms with E-state index in [9.17, 15) is 8.42 Å². The van der Waals surface area contributed by atoms with Gasteiger partial charge in [0.2, 0.25) is 10.0 Å². The van der Waals surface area contributed by atoms with Gasteiger partial charge in [-0.2, -0.15) is 0 Å². The van der Waals surface area contributed by atoms with Gasteiger partial charge in [0.1, 0.15) is 4.90 Å². The van der Waals surface area contributed by atoms with Crippen LogP contribution in [0.15, 0.2) is 46.2 Å². The minimum atomic E-state index is -3.68. The Hall–Kier alpha value is -2.03. The number of aromatic nitrogens is 2. The van der Waals surface area contributed by atoms with Crippen LogP contribution in [0, 0.1) is 0 Å². The number of nitrogens with two attached hydrogens (primary N) is 1. The first-order valence-corrected chi connectivity index (χ1v) is 8.50. The standard InChI is InChI=1S/C13H12N4O2S2/c14-11-3-4-12(13-10(11)2-1-5-15-13)21(18,19)17-6-9-7-20-8-16-9/h1-5,7-8,17H,6,14H2. The molecule has 0 aliphatic heterocycles. The Labute approximate surface area is 125 Å². The summed E-state index contributed by atoms with van der Waals surface area (Å²) in [5.74, 6) is 0. The molecule has 0 amide bonds. The zero-order valence-electron chi connectivity index (χ0n) is 10.9. The number of rotatable bonds is 4. The Morgan fingerprint density at radius 2 is 2.10 bits per heavy atom. The molecule has 3 N–H and O–H groups in total. The van der Waals surface area contributed by atoms with E-state index in [4.69, 9.17) is 5.73 Å². The SMILES string of the molecule is Nc1ccc(S(=O)(=O)NCc2cscn2)c2ncccc12. The van der Waals surface area contributed by atoms with Crippen molar-refractivity contribution in [2.45, 2.75) is 11.4 Å². The van der Waals surface area contributed by atoms with Crippen molar-refractivity contribution in [2.24, 2.45) is 0 Å². The Morgan fingerprint density at radius 3 is 2.86 bits per heavy atom. The predicted octanol–water partition coefficient (Wildman–Crippen LogP) is 1.75. The Kier molecular flexibility index (Phi) is 3.58. The molecule has 1 aromatic carbocycles. The van der Waals surface area contributed by atoms with Gasteiger partial charge < -0.3 is 5.73 Å². The van der Waals surface area contributed by atoms with Gasteiger partial charge in [0.25, 0.3) is 0 Å². The van der Waals surface area contributed by atoms with Gasteiger partial charge in [0, 0.05) is 22.7 Å². The van der Waals surface area contributed by atoms with Gasteiger partial charge in [0.15, 0.2) is 0 Å². The van der Waals surface area contributed by atoms with Gasteiger partial charge >= 0.3 is 0 Å². The summed E-state index contributed by atoms with van der Waals surface area (Å²) >= 11 is 1.42. The average molecular weight is 320 g/mol. The van der Waals surface area contributed by atoms with E-state index in [0.29, 0.717) is 22.3 Å². The third-order valence-corrected chi connectivity index (χ3v) is 5.05. The zero-order valence-corrected chi connectivity index (χ0v) is 12.5. The molecule has 0 saturated heterocycles. The summed E-state index contributed by atoms with van der Waals surface area (Å²) in [6.07, 6.45) is 1.54. The number of thiazole rings is 1. The predicted molar refractivity (Wildman–Crippen MR) is 82.3 cm³/mol. The van der Waals surface area contributed by atoms with Crippen LogP contribution in [0.4, 0.5) is 5.69 Å². The fourth-order valence-electron chi connectivity index (χ4n) is 1.96. The molecule has 0 bridgehead atoms. The first-order valence-electron chi connectivity index (χ1n) is 6.08. The van der Waals surface area contributed by atoms with E-state index in [1.807, 2.05) is 0 Å². The summed E-state index contributed by atoms with van der Waals surface area (Å²) in [6, 6.07) is 6.50. The van der Waals surface area contributed by atoms with Gasteiger partial charge in [-0.1, -0.05) is 0 Å². The number of fused-ring (bicyclic) bond motifs is 1. The summed E-state index contributed by atoms with van der Waals surface area (Å²) in [4.78, 5) is 8.30. The maximum atomic E-state index is 12.4. The molecule has 0 radical (unpaired) electrons. The monoisotopic (exact) mass is 320 g/mol. The van der Waals surface area contributed by atoms with Crippen molar-refractivity contribution in [3.8, 4) is 0 Å². The van der Waals surface area contributed by atoms with E-state index < -0.39 is 10.0 Å². The van der Waals surface area contributed by atoms with Gasteiger partial charge in [-0.3, -0.25) is 4.98 Å². The number of nitrogens with one attached hydrogen (secondary N) is 1. The van der Waals surface area contributed by atoms with E-state index in [2.05, 4.69) is 14.7 Å². The molecule has 2 aromatic heterocycles. The Balaban J connectivity index is 2.01. The molecular formula is C13H12N4O2S2. The lowest BCUT2D eigenvalue weighted by atomic mass is 10.2. The maximum Gasteiger partial charge on any atom is 0.243 e. The van der Waals surface area contributed by atoms with Crippen molar-refractivity contribution >= 4 is 38.0 Å². The molecule has 0 unspecified atom stereocenters. The van der Waals surface area contributed by atoms with Gasteiger partial charge in [-0.25, -0.2) is 18.1 Å². The number of anilines is 1. The molecule has 0 fully saturated rings. The van der Waals surface area contributed by atoms with Crippen molar-refractivity contribution in [2.75, 3.05) is 5.73 Å². The molecule has 0 aliphatic rings. The smallest absolute Gasteiger partial charge is 0.243 e. The summed E-state index contributed by atoms with van der Waals surface area (Å²) in [5.41, 5.74) is 9.05. The highest BCUT2D eigenvalue weighted by Gasteiger charge is 2.19. The Bertz CT molecular complexity index is 876. The summed E-state index contributed by atoms with van der Waals surface area (Å²) < 4.78 is 27.4. The van der Waals surface area contributed by atoms with Crippen LogP contribution in [0.25, 0.3) is 10.9 Å². The first-order chi connectivity index (χ1) is 10.1. The number of sulfonamides is 1. The lowest BCUT2D eigenvalue weighted by Gasteiger charge is -2.09. The molecular weight excluding hydrogens is 308 g/mol.